The number of carbonyl (C=O) groups is 4. The molecule has 1 aromatic carbocycles. The van der Waals surface area contributed by atoms with Gasteiger partial charge in [-0.25, -0.2) is 9.18 Å². The third-order valence-corrected chi connectivity index (χ3v) is 4.32. The van der Waals surface area contributed by atoms with Gasteiger partial charge in [-0.05, 0) is 37.1 Å². The minimum absolute atomic E-state index is 0.150. The van der Waals surface area contributed by atoms with Crippen molar-refractivity contribution < 1.29 is 23.6 Å². The van der Waals surface area contributed by atoms with Gasteiger partial charge in [-0.15, -0.1) is 0 Å². The number of nitrogens with zero attached hydrogens (tertiary/aromatic N) is 1. The molecule has 0 radical (unpaired) electrons. The molecule has 1 saturated heterocycles. The fraction of sp³-hybridized carbons (Fsp3) is 0.444. The van der Waals surface area contributed by atoms with E-state index in [2.05, 4.69) is 16.2 Å². The number of amides is 5. The Morgan fingerprint density at radius 2 is 1.67 bits per heavy atom. The van der Waals surface area contributed by atoms with Crippen molar-refractivity contribution in [1.82, 2.24) is 21.1 Å². The summed E-state index contributed by atoms with van der Waals surface area (Å²) in [5.41, 5.74) is 3.49. The number of benzene rings is 1. The maximum atomic E-state index is 12.9. The van der Waals surface area contributed by atoms with Crippen LogP contribution >= 0.6 is 0 Å². The minimum atomic E-state index is -0.974. The van der Waals surface area contributed by atoms with Crippen molar-refractivity contribution >= 4 is 23.8 Å². The van der Waals surface area contributed by atoms with Crippen molar-refractivity contribution in [1.29, 1.82) is 0 Å². The maximum Gasteiger partial charge on any atom is 0.325 e. The first-order valence-corrected chi connectivity index (χ1v) is 8.82. The Morgan fingerprint density at radius 3 is 2.22 bits per heavy atom. The Kier molecular flexibility index (Phi) is 6.49. The highest BCUT2D eigenvalue weighted by atomic mass is 19.1. The van der Waals surface area contributed by atoms with Crippen molar-refractivity contribution in [3.05, 3.63) is 35.6 Å². The van der Waals surface area contributed by atoms with Crippen LogP contribution in [0.25, 0.3) is 0 Å². The lowest BCUT2D eigenvalue weighted by atomic mass is 9.88. The SMILES string of the molecule is CCCC1(CCC)NC(=O)N(CC(=O)NNC(=O)c2ccc(F)cc2)C1=O. The number of hydrogen-bond donors (Lipinski definition) is 3. The second kappa shape index (κ2) is 8.61. The van der Waals surface area contributed by atoms with Gasteiger partial charge in [0.15, 0.2) is 0 Å². The Morgan fingerprint density at radius 1 is 1.07 bits per heavy atom. The van der Waals surface area contributed by atoms with E-state index >= 15 is 0 Å². The largest absolute Gasteiger partial charge is 0.325 e. The zero-order chi connectivity index (χ0) is 20.0. The highest BCUT2D eigenvalue weighted by molar-refractivity contribution is 6.09. The lowest BCUT2D eigenvalue weighted by Crippen LogP contribution is -2.49. The first kappa shape index (κ1) is 20.3. The molecule has 0 aliphatic carbocycles. The van der Waals surface area contributed by atoms with Gasteiger partial charge in [-0.1, -0.05) is 26.7 Å². The number of hydrogen-bond acceptors (Lipinski definition) is 4. The fourth-order valence-electron chi connectivity index (χ4n) is 3.12. The van der Waals surface area contributed by atoms with Crippen LogP contribution in [0.1, 0.15) is 49.9 Å². The molecule has 2 rings (SSSR count). The summed E-state index contributed by atoms with van der Waals surface area (Å²) in [7, 11) is 0. The Labute approximate surface area is 156 Å². The van der Waals surface area contributed by atoms with Crippen LogP contribution in [0, 0.1) is 5.82 Å². The van der Waals surface area contributed by atoms with Crippen LogP contribution in [-0.2, 0) is 9.59 Å². The second-order valence-electron chi connectivity index (χ2n) is 6.41. The molecule has 1 aliphatic rings. The minimum Gasteiger partial charge on any atom is -0.323 e. The maximum absolute atomic E-state index is 12.9. The van der Waals surface area contributed by atoms with Gasteiger partial charge in [0, 0.05) is 5.56 Å². The standard InChI is InChI=1S/C18H23FN4O4/c1-3-9-18(10-4-2)16(26)23(17(27)20-18)11-14(24)21-22-15(25)12-5-7-13(19)8-6-12/h5-8H,3-4,9-11H2,1-2H3,(H,20,27)(H,21,24)(H,22,25). The zero-order valence-corrected chi connectivity index (χ0v) is 15.3. The first-order chi connectivity index (χ1) is 12.8. The molecule has 5 amide bonds. The molecule has 1 aromatic rings. The number of nitrogens with one attached hydrogen (secondary N) is 3. The van der Waals surface area contributed by atoms with Crippen molar-refractivity contribution in [3.8, 4) is 0 Å². The molecule has 0 unspecified atom stereocenters. The highest BCUT2D eigenvalue weighted by Gasteiger charge is 2.50. The number of carbonyl (C=O) groups excluding carboxylic acids is 4. The Balaban J connectivity index is 1.94. The van der Waals surface area contributed by atoms with E-state index in [0.29, 0.717) is 25.7 Å². The summed E-state index contributed by atoms with van der Waals surface area (Å²) in [5.74, 6) is -2.29. The smallest absolute Gasteiger partial charge is 0.323 e. The molecule has 0 bridgehead atoms. The van der Waals surface area contributed by atoms with E-state index in [-0.39, 0.29) is 5.56 Å². The summed E-state index contributed by atoms with van der Waals surface area (Å²) >= 11 is 0. The van der Waals surface area contributed by atoms with Crippen LogP contribution in [0.15, 0.2) is 24.3 Å². The monoisotopic (exact) mass is 378 g/mol. The number of hydrazine groups is 1. The van der Waals surface area contributed by atoms with Gasteiger partial charge in [0.05, 0.1) is 0 Å². The predicted molar refractivity (Wildman–Crippen MR) is 94.8 cm³/mol. The fourth-order valence-corrected chi connectivity index (χ4v) is 3.12. The zero-order valence-electron chi connectivity index (χ0n) is 15.3. The lowest BCUT2D eigenvalue weighted by Gasteiger charge is -2.25. The van der Waals surface area contributed by atoms with Gasteiger partial charge in [0.1, 0.15) is 17.9 Å². The van der Waals surface area contributed by atoms with E-state index in [4.69, 9.17) is 0 Å². The predicted octanol–water partition coefficient (Wildman–Crippen LogP) is 1.48. The lowest BCUT2D eigenvalue weighted by molar-refractivity contribution is -0.135. The van der Waals surface area contributed by atoms with E-state index in [1.165, 1.54) is 12.1 Å². The van der Waals surface area contributed by atoms with Crippen molar-refractivity contribution in [2.75, 3.05) is 6.54 Å². The summed E-state index contributed by atoms with van der Waals surface area (Å²) in [6.45, 7) is 3.32. The van der Waals surface area contributed by atoms with Gasteiger partial charge < -0.3 is 5.32 Å². The van der Waals surface area contributed by atoms with Gasteiger partial charge in [-0.3, -0.25) is 30.1 Å². The molecule has 3 N–H and O–H groups in total. The molecule has 0 atom stereocenters. The summed E-state index contributed by atoms with van der Waals surface area (Å²) in [6.07, 6.45) is 2.40. The quantitative estimate of drug-likeness (QED) is 0.493. The molecule has 1 fully saturated rings. The molecule has 0 saturated carbocycles. The van der Waals surface area contributed by atoms with Crippen LogP contribution in [-0.4, -0.2) is 40.7 Å². The third kappa shape index (κ3) is 4.60. The van der Waals surface area contributed by atoms with Crippen molar-refractivity contribution in [3.63, 3.8) is 0 Å². The van der Waals surface area contributed by atoms with Crippen LogP contribution < -0.4 is 16.2 Å². The molecule has 9 heteroatoms. The van der Waals surface area contributed by atoms with Crippen molar-refractivity contribution in [2.24, 2.45) is 0 Å². The molecule has 0 aromatic heterocycles. The molecule has 1 heterocycles. The number of rotatable bonds is 7. The van der Waals surface area contributed by atoms with Gasteiger partial charge in [0.2, 0.25) is 0 Å². The normalized spacial score (nSPS) is 15.4. The highest BCUT2D eigenvalue weighted by Crippen LogP contribution is 2.27. The third-order valence-electron chi connectivity index (χ3n) is 4.32. The van der Waals surface area contributed by atoms with Gasteiger partial charge >= 0.3 is 6.03 Å². The van der Waals surface area contributed by atoms with Crippen LogP contribution in [0.4, 0.5) is 9.18 Å². The molecule has 0 spiro atoms. The van der Waals surface area contributed by atoms with E-state index < -0.39 is 41.7 Å². The van der Waals surface area contributed by atoms with Crippen LogP contribution in [0.2, 0.25) is 0 Å². The van der Waals surface area contributed by atoms with Crippen LogP contribution in [0.3, 0.4) is 0 Å². The summed E-state index contributed by atoms with van der Waals surface area (Å²) in [4.78, 5) is 49.6. The molecule has 8 nitrogen and oxygen atoms in total. The van der Waals surface area contributed by atoms with E-state index in [1.807, 2.05) is 13.8 Å². The topological polar surface area (TPSA) is 108 Å². The number of urea groups is 1. The molecule has 1 aliphatic heterocycles. The summed E-state index contributed by atoms with van der Waals surface area (Å²) in [5, 5.41) is 2.71. The second-order valence-corrected chi connectivity index (χ2v) is 6.41. The molecule has 27 heavy (non-hydrogen) atoms. The average molecular weight is 378 g/mol. The number of imide groups is 1. The van der Waals surface area contributed by atoms with E-state index in [9.17, 15) is 23.6 Å². The van der Waals surface area contributed by atoms with Crippen molar-refractivity contribution in [2.45, 2.75) is 45.1 Å². The first-order valence-electron chi connectivity index (χ1n) is 8.82. The number of halogens is 1. The van der Waals surface area contributed by atoms with Crippen LogP contribution in [0.5, 0.6) is 0 Å². The molecular weight excluding hydrogens is 355 g/mol. The summed E-state index contributed by atoms with van der Waals surface area (Å²) < 4.78 is 12.9. The average Bonchev–Trinajstić information content (AvgIpc) is 2.85. The summed E-state index contributed by atoms with van der Waals surface area (Å²) in [6, 6.07) is 4.13. The Hall–Kier alpha value is -2.97. The Bertz CT molecular complexity index is 729. The van der Waals surface area contributed by atoms with E-state index in [0.717, 1.165) is 17.0 Å². The molecule has 146 valence electrons. The molecular formula is C18H23FN4O4. The van der Waals surface area contributed by atoms with Gasteiger partial charge in [-0.2, -0.15) is 0 Å². The van der Waals surface area contributed by atoms with E-state index in [1.54, 1.807) is 0 Å². The van der Waals surface area contributed by atoms with Gasteiger partial charge in [0.25, 0.3) is 17.7 Å².